The van der Waals surface area contributed by atoms with E-state index in [0.29, 0.717) is 0 Å². The van der Waals surface area contributed by atoms with E-state index < -0.39 is 74.5 Å². The molecule has 0 fully saturated rings. The highest BCUT2D eigenvalue weighted by molar-refractivity contribution is 7.80. The smallest absolute Gasteiger partial charge is 0.379 e. The van der Waals surface area contributed by atoms with Gasteiger partial charge in [-0.2, -0.15) is 0 Å². The van der Waals surface area contributed by atoms with Gasteiger partial charge in [-0.3, -0.25) is 9.36 Å². The van der Waals surface area contributed by atoms with Crippen LogP contribution in [0.15, 0.2) is 35.9 Å². The minimum Gasteiger partial charge on any atom is -0.466 e. The number of Topliss-reactive ketones (excluding diaryl/α,β-unsaturated/α-hetero) is 1. The summed E-state index contributed by atoms with van der Waals surface area (Å²) in [5, 5.41) is -0.547. The quantitative estimate of drug-likeness (QED) is 0.104. The van der Waals surface area contributed by atoms with Gasteiger partial charge in [-0.1, -0.05) is 29.8 Å². The number of methoxy groups -OCH3 is 4. The summed E-state index contributed by atoms with van der Waals surface area (Å²) >= 11 is 5.44. The van der Waals surface area contributed by atoms with Gasteiger partial charge in [0.05, 0.1) is 51.9 Å². The summed E-state index contributed by atoms with van der Waals surface area (Å²) in [6.07, 6.45) is 0.741. The van der Waals surface area contributed by atoms with E-state index in [-0.39, 0.29) is 12.2 Å². The lowest BCUT2D eigenvalue weighted by molar-refractivity contribution is -0.140. The number of carbonyl (C=O) groups is 6. The van der Waals surface area contributed by atoms with E-state index in [1.807, 2.05) is 0 Å². The number of hydrogen-bond donors (Lipinski definition) is 0. The van der Waals surface area contributed by atoms with Crippen LogP contribution in [0.1, 0.15) is 54.9 Å². The summed E-state index contributed by atoms with van der Waals surface area (Å²) in [5.41, 5.74) is -4.60. The van der Waals surface area contributed by atoms with Gasteiger partial charge in [-0.15, -0.1) is 0 Å². The molecule has 13 nitrogen and oxygen atoms in total. The Labute approximate surface area is 238 Å². The van der Waals surface area contributed by atoms with Gasteiger partial charge in [0.15, 0.2) is 5.69 Å². The van der Waals surface area contributed by atoms with E-state index in [4.69, 9.17) is 40.6 Å². The van der Waals surface area contributed by atoms with Crippen LogP contribution in [0.4, 0.5) is 0 Å². The highest BCUT2D eigenvalue weighted by Crippen LogP contribution is 2.50. The van der Waals surface area contributed by atoms with Crippen molar-refractivity contribution in [3.05, 3.63) is 69.6 Å². The maximum absolute atomic E-state index is 13.7. The largest absolute Gasteiger partial charge is 0.466 e. The van der Waals surface area contributed by atoms with Gasteiger partial charge >= 0.3 is 29.8 Å². The van der Waals surface area contributed by atoms with Crippen molar-refractivity contribution in [1.82, 2.24) is 4.57 Å². The fourth-order valence-electron chi connectivity index (χ4n) is 4.34. The van der Waals surface area contributed by atoms with Gasteiger partial charge in [-0.05, 0) is 26.1 Å². The maximum atomic E-state index is 13.7. The molecule has 0 radical (unpaired) electrons. The van der Waals surface area contributed by atoms with Crippen LogP contribution in [0.3, 0.4) is 0 Å². The Morgan fingerprint density at radius 1 is 0.878 bits per heavy atom. The van der Waals surface area contributed by atoms with Crippen LogP contribution in [0.2, 0.25) is 0 Å². The molecule has 0 bridgehead atoms. The van der Waals surface area contributed by atoms with Gasteiger partial charge in [0, 0.05) is 11.6 Å². The van der Waals surface area contributed by atoms with E-state index in [2.05, 4.69) is 0 Å². The zero-order valence-electron chi connectivity index (χ0n) is 22.8. The number of esters is 5. The van der Waals surface area contributed by atoms with Gasteiger partial charge in [0.2, 0.25) is 5.60 Å². The van der Waals surface area contributed by atoms with Gasteiger partial charge in [-0.25, -0.2) is 24.0 Å². The molecule has 41 heavy (non-hydrogen) atoms. The van der Waals surface area contributed by atoms with Gasteiger partial charge < -0.3 is 28.4 Å². The molecule has 1 aliphatic rings. The second kappa shape index (κ2) is 12.1. The lowest BCUT2D eigenvalue weighted by Gasteiger charge is -2.30. The number of nitrogens with zero attached hydrogens (tertiary/aromatic N) is 1. The molecule has 1 unspecified atom stereocenters. The van der Waals surface area contributed by atoms with Crippen LogP contribution in [-0.4, -0.2) is 80.4 Å². The van der Waals surface area contributed by atoms with Crippen molar-refractivity contribution in [2.75, 3.05) is 35.0 Å². The summed E-state index contributed by atoms with van der Waals surface area (Å²) in [5.74, 6) is -7.37. The first kappa shape index (κ1) is 30.7. The molecule has 0 saturated heterocycles. The van der Waals surface area contributed by atoms with E-state index in [1.54, 1.807) is 19.1 Å². The molecular weight excluding hydrogens is 562 g/mol. The highest BCUT2D eigenvalue weighted by atomic mass is 32.1. The predicted molar refractivity (Wildman–Crippen MR) is 141 cm³/mol. The highest BCUT2D eigenvalue weighted by Gasteiger charge is 2.58. The Morgan fingerprint density at radius 3 is 2.00 bits per heavy atom. The Kier molecular flexibility index (Phi) is 9.07. The minimum atomic E-state index is -2.35. The van der Waals surface area contributed by atoms with Crippen molar-refractivity contribution in [3.63, 3.8) is 0 Å². The summed E-state index contributed by atoms with van der Waals surface area (Å²) in [7, 11) is 4.05. The maximum Gasteiger partial charge on any atom is 0.379 e. The van der Waals surface area contributed by atoms with E-state index in [1.165, 1.54) is 19.1 Å². The summed E-state index contributed by atoms with van der Waals surface area (Å²) in [6.45, 7) is 3.00. The SMILES string of the molecule is CCOC(=O)C(=O)c1c(C(=O)OC)c(C(=O)OC)n2c1C(C(=CC(=O)OC)C(=O)OC)(c1ccc(C)cc1)OC2=S. The Morgan fingerprint density at radius 2 is 1.49 bits per heavy atom. The summed E-state index contributed by atoms with van der Waals surface area (Å²) in [6, 6.07) is 6.22. The molecule has 3 rings (SSSR count). The molecule has 1 aliphatic heterocycles. The van der Waals surface area contributed by atoms with Crippen molar-refractivity contribution >= 4 is 53.0 Å². The average molecular weight is 588 g/mol. The van der Waals surface area contributed by atoms with Crippen molar-refractivity contribution < 1.29 is 57.2 Å². The molecule has 0 spiro atoms. The van der Waals surface area contributed by atoms with Crippen LogP contribution < -0.4 is 0 Å². The summed E-state index contributed by atoms with van der Waals surface area (Å²) in [4.78, 5) is 78.6. The number of hydrogen-bond acceptors (Lipinski definition) is 13. The molecule has 0 N–H and O–H groups in total. The molecule has 0 amide bonds. The first-order valence-electron chi connectivity index (χ1n) is 11.8. The Bertz CT molecular complexity index is 1500. The van der Waals surface area contributed by atoms with Crippen LogP contribution in [-0.2, 0) is 48.4 Å². The Hall–Kier alpha value is -4.85. The van der Waals surface area contributed by atoms with Gasteiger partial charge in [0.1, 0.15) is 5.56 Å². The molecule has 2 aromatic rings. The molecule has 1 atom stereocenters. The first-order valence-corrected chi connectivity index (χ1v) is 12.2. The number of rotatable bonds is 9. The number of aryl methyl sites for hydroxylation is 1. The topological polar surface area (TPSA) is 163 Å². The molecule has 0 saturated carbocycles. The van der Waals surface area contributed by atoms with Crippen LogP contribution in [0.25, 0.3) is 0 Å². The fraction of sp³-hybridized carbons (Fsp3) is 0.296. The predicted octanol–water partition coefficient (Wildman–Crippen LogP) is 1.79. The number of thiocarbonyl (C=S) groups is 1. The normalized spacial score (nSPS) is 15.8. The van der Waals surface area contributed by atoms with E-state index in [0.717, 1.165) is 44.6 Å². The van der Waals surface area contributed by atoms with Crippen molar-refractivity contribution in [2.24, 2.45) is 0 Å². The minimum absolute atomic E-state index is 0.0907. The molecule has 1 aromatic carbocycles. The number of fused-ring (bicyclic) bond motifs is 1. The second-order valence-corrected chi connectivity index (χ2v) is 8.65. The standard InChI is InChI=1S/C27H25NO12S/c1-7-39-25(34)20(30)18-17(23(32)37-5)19(24(33)38-6)28-21(18)27(40-26(28)41,14-10-8-13(2)9-11-14)15(22(31)36-4)12-16(29)35-3/h8-12H,7H2,1-6H3. The molecule has 1 aromatic heterocycles. The van der Waals surface area contributed by atoms with Gasteiger partial charge in [0.25, 0.3) is 11.0 Å². The van der Waals surface area contributed by atoms with Crippen LogP contribution >= 0.6 is 12.2 Å². The molecule has 0 aliphatic carbocycles. The first-order chi connectivity index (χ1) is 19.4. The second-order valence-electron chi connectivity index (χ2n) is 8.30. The Balaban J connectivity index is 2.71. The zero-order chi connectivity index (χ0) is 30.6. The third-order valence-electron chi connectivity index (χ3n) is 6.09. The third-order valence-corrected chi connectivity index (χ3v) is 6.36. The average Bonchev–Trinajstić information content (AvgIpc) is 3.48. The third kappa shape index (κ3) is 5.09. The number of benzene rings is 1. The summed E-state index contributed by atoms with van der Waals surface area (Å²) < 4.78 is 31.2. The molecule has 216 valence electrons. The van der Waals surface area contributed by atoms with E-state index in [9.17, 15) is 28.8 Å². The number of ether oxygens (including phenoxy) is 6. The lowest BCUT2D eigenvalue weighted by atomic mass is 9.79. The number of ketones is 1. The van der Waals surface area contributed by atoms with E-state index >= 15 is 0 Å². The van der Waals surface area contributed by atoms with Crippen LogP contribution in [0.5, 0.6) is 0 Å². The molecule has 14 heteroatoms. The number of aromatic nitrogens is 1. The lowest BCUT2D eigenvalue weighted by Crippen LogP contribution is -2.37. The fourth-order valence-corrected chi connectivity index (χ4v) is 4.64. The van der Waals surface area contributed by atoms with Crippen molar-refractivity contribution in [1.29, 1.82) is 0 Å². The number of carbonyl (C=O) groups excluding carboxylic acids is 6. The molecular formula is C27H25NO12S. The van der Waals surface area contributed by atoms with Crippen molar-refractivity contribution in [3.8, 4) is 0 Å². The molecule has 2 heterocycles. The van der Waals surface area contributed by atoms with Crippen LogP contribution in [0, 0.1) is 6.92 Å². The zero-order valence-corrected chi connectivity index (χ0v) is 23.7. The van der Waals surface area contributed by atoms with Crippen molar-refractivity contribution in [2.45, 2.75) is 19.4 Å². The monoisotopic (exact) mass is 587 g/mol.